The van der Waals surface area contributed by atoms with E-state index in [2.05, 4.69) is 34.2 Å². The van der Waals surface area contributed by atoms with E-state index >= 15 is 0 Å². The Labute approximate surface area is 259 Å². The minimum absolute atomic E-state index is 0.127. The molecule has 5 rings (SSSR count). The van der Waals surface area contributed by atoms with E-state index < -0.39 is 0 Å². The van der Waals surface area contributed by atoms with Crippen molar-refractivity contribution in [2.24, 2.45) is 13.0 Å². The molecule has 3 aromatic heterocycles. The van der Waals surface area contributed by atoms with Gasteiger partial charge in [-0.1, -0.05) is 13.8 Å². The Kier molecular flexibility index (Phi) is 9.18. The van der Waals surface area contributed by atoms with Gasteiger partial charge in [0.2, 0.25) is 11.8 Å². The molecule has 0 aromatic carbocycles. The van der Waals surface area contributed by atoms with Gasteiger partial charge in [-0.25, -0.2) is 4.98 Å². The molecular weight excluding hydrogens is 584 g/mol. The van der Waals surface area contributed by atoms with Gasteiger partial charge in [0.25, 0.3) is 17.4 Å². The molecule has 0 saturated heterocycles. The molecule has 2 N–H and O–H groups in total. The molecule has 0 spiro atoms. The number of nitrogens with one attached hydrogen (secondary N) is 2. The van der Waals surface area contributed by atoms with E-state index in [0.717, 1.165) is 29.0 Å². The first-order valence-electron chi connectivity index (χ1n) is 15.1. The summed E-state index contributed by atoms with van der Waals surface area (Å²) in [5, 5.41) is 7.73. The third-order valence-corrected chi connectivity index (χ3v) is 9.72. The number of carbonyl (C=O) groups excluding carboxylic acids is 4. The summed E-state index contributed by atoms with van der Waals surface area (Å²) in [5.41, 5.74) is 2.30. The topological polar surface area (TPSA) is 154 Å². The first-order chi connectivity index (χ1) is 21.0. The molecule has 0 saturated carbocycles. The van der Waals surface area contributed by atoms with E-state index in [9.17, 15) is 24.0 Å². The number of aromatic amines is 1. The molecule has 1 atom stereocenters. The van der Waals surface area contributed by atoms with E-state index in [1.54, 1.807) is 18.7 Å². The molecule has 1 unspecified atom stereocenters. The van der Waals surface area contributed by atoms with Gasteiger partial charge in [-0.3, -0.25) is 28.7 Å². The highest BCUT2D eigenvalue weighted by Gasteiger charge is 2.35. The van der Waals surface area contributed by atoms with E-state index in [1.165, 1.54) is 16.1 Å². The van der Waals surface area contributed by atoms with Crippen molar-refractivity contribution >= 4 is 45.2 Å². The summed E-state index contributed by atoms with van der Waals surface area (Å²) in [6.07, 6.45) is 4.33. The number of nitrogens with zero attached hydrogens (tertiary/aromatic N) is 6. The average Bonchev–Trinajstić information content (AvgIpc) is 3.50. The largest absolute Gasteiger partial charge is 0.354 e. The van der Waals surface area contributed by atoms with Crippen LogP contribution in [0, 0.1) is 12.8 Å². The fourth-order valence-electron chi connectivity index (χ4n) is 6.07. The van der Waals surface area contributed by atoms with Gasteiger partial charge >= 0.3 is 0 Å². The van der Waals surface area contributed by atoms with E-state index in [-0.39, 0.29) is 61.4 Å². The summed E-state index contributed by atoms with van der Waals surface area (Å²) >= 11 is 1.14. The van der Waals surface area contributed by atoms with Crippen molar-refractivity contribution in [2.45, 2.75) is 58.9 Å². The Morgan fingerprint density at radius 1 is 1.16 bits per heavy atom. The number of hydrogen-bond donors (Lipinski definition) is 2. The van der Waals surface area contributed by atoms with Crippen molar-refractivity contribution in [1.29, 1.82) is 0 Å². The quantitative estimate of drug-likeness (QED) is 0.446. The second-order valence-corrected chi connectivity index (χ2v) is 13.1. The number of thiophene rings is 1. The highest BCUT2D eigenvalue weighted by Crippen LogP contribution is 2.30. The van der Waals surface area contributed by atoms with E-state index in [0.29, 0.717) is 64.5 Å². The lowest BCUT2D eigenvalue weighted by atomic mass is 9.89. The smallest absolute Gasteiger partial charge is 0.274 e. The summed E-state index contributed by atoms with van der Waals surface area (Å²) in [6.45, 7) is 6.67. The predicted octanol–water partition coefficient (Wildman–Crippen LogP) is 1.49. The fourth-order valence-corrected chi connectivity index (χ4v) is 7.19. The summed E-state index contributed by atoms with van der Waals surface area (Å²) in [5.74, 6) is -0.809. The van der Waals surface area contributed by atoms with Crippen LogP contribution in [0.2, 0.25) is 0 Å². The van der Waals surface area contributed by atoms with Crippen LogP contribution >= 0.6 is 11.3 Å². The molecule has 14 heteroatoms. The minimum Gasteiger partial charge on any atom is -0.354 e. The number of H-pyrrole nitrogens is 1. The third kappa shape index (κ3) is 6.26. The van der Waals surface area contributed by atoms with Crippen LogP contribution in [-0.4, -0.2) is 104 Å². The maximum absolute atomic E-state index is 14.2. The number of amides is 4. The average molecular weight is 625 g/mol. The predicted molar refractivity (Wildman–Crippen MR) is 166 cm³/mol. The molecule has 4 heterocycles. The maximum Gasteiger partial charge on any atom is 0.274 e. The van der Waals surface area contributed by atoms with Gasteiger partial charge < -0.3 is 25.0 Å². The van der Waals surface area contributed by atoms with Crippen LogP contribution in [0.15, 0.2) is 11.1 Å². The summed E-state index contributed by atoms with van der Waals surface area (Å²) < 4.78 is 1.73. The zero-order valence-corrected chi connectivity index (χ0v) is 26.8. The van der Waals surface area contributed by atoms with Crippen LogP contribution < -0.4 is 10.9 Å². The van der Waals surface area contributed by atoms with Crippen LogP contribution in [0.1, 0.15) is 70.1 Å². The van der Waals surface area contributed by atoms with Gasteiger partial charge in [0.05, 0.1) is 23.1 Å². The Balaban J connectivity index is 1.51. The van der Waals surface area contributed by atoms with Crippen LogP contribution in [0.3, 0.4) is 0 Å². The molecule has 4 amide bonds. The molecule has 44 heavy (non-hydrogen) atoms. The number of aromatic nitrogens is 4. The summed E-state index contributed by atoms with van der Waals surface area (Å²) in [6, 6.07) is -0.170. The van der Waals surface area contributed by atoms with Crippen molar-refractivity contribution in [3.05, 3.63) is 44.1 Å². The Morgan fingerprint density at radius 2 is 1.93 bits per heavy atom. The second-order valence-electron chi connectivity index (χ2n) is 12.1. The monoisotopic (exact) mass is 624 g/mol. The van der Waals surface area contributed by atoms with E-state index in [1.807, 2.05) is 11.9 Å². The number of carbonyl (C=O) groups is 4. The highest BCUT2D eigenvalue weighted by atomic mass is 32.1. The molecule has 0 fully saturated rings. The van der Waals surface area contributed by atoms with E-state index in [4.69, 9.17) is 0 Å². The second kappa shape index (κ2) is 12.9. The molecule has 0 radical (unpaired) electrons. The van der Waals surface area contributed by atoms with Gasteiger partial charge in [0, 0.05) is 51.0 Å². The van der Waals surface area contributed by atoms with Crippen LogP contribution in [-0.2, 0) is 29.5 Å². The van der Waals surface area contributed by atoms with Crippen molar-refractivity contribution < 1.29 is 19.2 Å². The number of rotatable bonds is 4. The third-order valence-electron chi connectivity index (χ3n) is 8.53. The van der Waals surface area contributed by atoms with Crippen molar-refractivity contribution in [1.82, 2.24) is 39.8 Å². The summed E-state index contributed by atoms with van der Waals surface area (Å²) in [4.78, 5) is 79.2. The van der Waals surface area contributed by atoms with Crippen molar-refractivity contribution in [3.8, 4) is 0 Å². The lowest BCUT2D eigenvalue weighted by molar-refractivity contribution is -0.134. The molecule has 2 bridgehead atoms. The van der Waals surface area contributed by atoms with Gasteiger partial charge in [0.15, 0.2) is 5.69 Å². The van der Waals surface area contributed by atoms with Crippen LogP contribution in [0.5, 0.6) is 0 Å². The normalized spacial score (nSPS) is 18.8. The molecule has 2 aliphatic rings. The molecular formula is C30H40N8O5S. The van der Waals surface area contributed by atoms with Crippen LogP contribution in [0.25, 0.3) is 10.2 Å². The Bertz CT molecular complexity index is 1660. The number of hydrogen-bond acceptors (Lipinski definition) is 8. The minimum atomic E-state index is -0.347. The number of likely N-dealkylation sites (N-methyl/N-ethyl adjacent to an activating group) is 1. The van der Waals surface area contributed by atoms with Crippen LogP contribution in [0.4, 0.5) is 0 Å². The Morgan fingerprint density at radius 3 is 2.66 bits per heavy atom. The summed E-state index contributed by atoms with van der Waals surface area (Å²) in [7, 11) is 3.40. The lowest BCUT2D eigenvalue weighted by Crippen LogP contribution is -2.50. The zero-order chi connectivity index (χ0) is 31.7. The zero-order valence-electron chi connectivity index (χ0n) is 25.9. The molecule has 236 valence electrons. The number of aryl methyl sites for hydroxylation is 2. The van der Waals surface area contributed by atoms with Crippen molar-refractivity contribution in [2.75, 3.05) is 39.8 Å². The molecule has 1 aliphatic carbocycles. The Hall–Kier alpha value is -4.07. The molecule has 1 aliphatic heterocycles. The standard InChI is InChI=1S/C30H40N8O5S/c1-17(2)9-12-38-19-7-8-21-20(13-19)25(34-36(21)5)29(42)35(4)14-22(39)31-10-6-11-37(15-23(38)40)30(43)26-18(3)24-27(41)32-16-33-28(24)44-26/h16-17,19H,6-15H2,1-5H3,(H,31,39)(H,32,33,41). The van der Waals surface area contributed by atoms with Crippen molar-refractivity contribution in [3.63, 3.8) is 0 Å². The number of fused-ring (bicyclic) bond motifs is 2. The highest BCUT2D eigenvalue weighted by molar-refractivity contribution is 7.20. The first kappa shape index (κ1) is 31.4. The molecule has 3 aromatic rings. The lowest BCUT2D eigenvalue weighted by Gasteiger charge is -2.36. The SMILES string of the molecule is Cc1c(C(=O)N2CCCNC(=O)CN(C)C(=O)c3nn(C)c4c3CC(CC4)N(CCC(C)C)C(=O)C2)sc2nc[nH]c(=O)c12. The van der Waals surface area contributed by atoms with Gasteiger partial charge in [0.1, 0.15) is 11.4 Å². The van der Waals surface area contributed by atoms with Gasteiger partial charge in [-0.05, 0) is 50.5 Å². The fraction of sp³-hybridized carbons (Fsp3) is 0.567. The maximum atomic E-state index is 14.2. The van der Waals surface area contributed by atoms with Gasteiger partial charge in [-0.15, -0.1) is 11.3 Å². The first-order valence-corrected chi connectivity index (χ1v) is 15.9. The van der Waals surface area contributed by atoms with Gasteiger partial charge in [-0.2, -0.15) is 5.10 Å². The molecule has 13 nitrogen and oxygen atoms in total.